The van der Waals surface area contributed by atoms with E-state index in [9.17, 15) is 15.0 Å². The van der Waals surface area contributed by atoms with Gasteiger partial charge in [-0.15, -0.1) is 0 Å². The first-order chi connectivity index (χ1) is 13.0. The Morgan fingerprint density at radius 2 is 2.11 bits per heavy atom. The maximum atomic E-state index is 12.2. The third-order valence-electron chi connectivity index (χ3n) is 5.46. The van der Waals surface area contributed by atoms with Gasteiger partial charge in [-0.1, -0.05) is 24.3 Å². The molecule has 2 heterocycles. The SMILES string of the molecule is CC(CCc1cccc(O)c1)NC1CCn2c(=O)[nH]c3cccc(c32)C1O. The molecule has 27 heavy (non-hydrogen) atoms. The minimum atomic E-state index is -0.666. The number of hydrogen-bond acceptors (Lipinski definition) is 4. The van der Waals surface area contributed by atoms with Crippen molar-refractivity contribution in [3.63, 3.8) is 0 Å². The van der Waals surface area contributed by atoms with E-state index in [2.05, 4.69) is 17.2 Å². The van der Waals surface area contributed by atoms with Crippen LogP contribution >= 0.6 is 0 Å². The van der Waals surface area contributed by atoms with Gasteiger partial charge in [0.1, 0.15) is 5.75 Å². The summed E-state index contributed by atoms with van der Waals surface area (Å²) >= 11 is 0. The first-order valence-electron chi connectivity index (χ1n) is 9.46. The molecule has 3 atom stereocenters. The number of H-pyrrole nitrogens is 1. The minimum absolute atomic E-state index is 0.117. The quantitative estimate of drug-likeness (QED) is 0.558. The maximum absolute atomic E-state index is 12.2. The van der Waals surface area contributed by atoms with Crippen LogP contribution in [0.1, 0.15) is 37.0 Å². The number of aromatic hydroxyl groups is 1. The van der Waals surface area contributed by atoms with E-state index >= 15 is 0 Å². The van der Waals surface area contributed by atoms with Gasteiger partial charge in [-0.3, -0.25) is 4.57 Å². The van der Waals surface area contributed by atoms with Crippen LogP contribution in [0.5, 0.6) is 5.75 Å². The summed E-state index contributed by atoms with van der Waals surface area (Å²) in [4.78, 5) is 15.1. The zero-order valence-corrected chi connectivity index (χ0v) is 15.4. The highest BCUT2D eigenvalue weighted by Gasteiger charge is 2.29. The van der Waals surface area contributed by atoms with E-state index in [4.69, 9.17) is 0 Å². The van der Waals surface area contributed by atoms with Gasteiger partial charge in [0.05, 0.1) is 17.1 Å². The zero-order valence-electron chi connectivity index (χ0n) is 15.4. The molecule has 1 aromatic heterocycles. The standard InChI is InChI=1S/C21H25N3O3/c1-13(8-9-14-4-2-5-15(25)12-14)22-18-10-11-24-19-16(20(18)26)6-3-7-17(19)23-21(24)27/h2-7,12-13,18,20,22,25-26H,8-11H2,1H3,(H,23,27). The highest BCUT2D eigenvalue weighted by Crippen LogP contribution is 2.30. The molecule has 1 aliphatic rings. The molecule has 142 valence electrons. The van der Waals surface area contributed by atoms with Gasteiger partial charge in [0.2, 0.25) is 0 Å². The Balaban J connectivity index is 1.47. The topological polar surface area (TPSA) is 90.3 Å². The van der Waals surface area contributed by atoms with Crippen molar-refractivity contribution < 1.29 is 10.2 Å². The van der Waals surface area contributed by atoms with Gasteiger partial charge in [0.15, 0.2) is 0 Å². The highest BCUT2D eigenvalue weighted by atomic mass is 16.3. The molecule has 3 aromatic rings. The van der Waals surface area contributed by atoms with E-state index in [0.29, 0.717) is 13.0 Å². The molecule has 0 amide bonds. The van der Waals surface area contributed by atoms with Crippen LogP contribution < -0.4 is 11.0 Å². The molecule has 4 rings (SSSR count). The number of aromatic amines is 1. The number of hydrogen-bond donors (Lipinski definition) is 4. The van der Waals surface area contributed by atoms with E-state index in [1.54, 1.807) is 16.7 Å². The maximum Gasteiger partial charge on any atom is 0.326 e. The summed E-state index contributed by atoms with van der Waals surface area (Å²) in [5.74, 6) is 0.285. The number of aromatic nitrogens is 2. The molecule has 4 N–H and O–H groups in total. The fourth-order valence-corrected chi connectivity index (χ4v) is 4.06. The number of aliphatic hydroxyl groups is 1. The Kier molecular flexibility index (Phi) is 4.76. The van der Waals surface area contributed by atoms with Crippen molar-refractivity contribution in [1.82, 2.24) is 14.9 Å². The molecule has 0 bridgehead atoms. The van der Waals surface area contributed by atoms with Crippen molar-refractivity contribution in [2.45, 2.75) is 50.9 Å². The monoisotopic (exact) mass is 367 g/mol. The average molecular weight is 367 g/mol. The number of para-hydroxylation sites is 1. The zero-order chi connectivity index (χ0) is 19.0. The smallest absolute Gasteiger partial charge is 0.326 e. The number of phenolic OH excluding ortho intramolecular Hbond substituents is 1. The number of benzene rings is 2. The van der Waals surface area contributed by atoms with E-state index in [-0.39, 0.29) is 23.5 Å². The van der Waals surface area contributed by atoms with Crippen molar-refractivity contribution in [3.8, 4) is 5.75 Å². The van der Waals surface area contributed by atoms with Gasteiger partial charge in [-0.2, -0.15) is 0 Å². The van der Waals surface area contributed by atoms with Crippen LogP contribution in [0.15, 0.2) is 47.3 Å². The third-order valence-corrected chi connectivity index (χ3v) is 5.46. The average Bonchev–Trinajstić information content (AvgIpc) is 2.90. The molecule has 0 saturated heterocycles. The number of nitrogens with zero attached hydrogens (tertiary/aromatic N) is 1. The summed E-state index contributed by atoms with van der Waals surface area (Å²) in [5, 5.41) is 24.1. The summed E-state index contributed by atoms with van der Waals surface area (Å²) in [6, 6.07) is 13.0. The lowest BCUT2D eigenvalue weighted by Gasteiger charge is -2.26. The van der Waals surface area contributed by atoms with Crippen LogP contribution in [-0.4, -0.2) is 31.8 Å². The van der Waals surface area contributed by atoms with E-state index < -0.39 is 6.10 Å². The number of imidazole rings is 1. The molecular weight excluding hydrogens is 342 g/mol. The van der Waals surface area contributed by atoms with Crippen LogP contribution in [0.2, 0.25) is 0 Å². The third kappa shape index (κ3) is 3.50. The van der Waals surface area contributed by atoms with Crippen LogP contribution in [0, 0.1) is 0 Å². The van der Waals surface area contributed by atoms with Gasteiger partial charge in [0.25, 0.3) is 0 Å². The Morgan fingerprint density at radius 3 is 2.93 bits per heavy atom. The van der Waals surface area contributed by atoms with Crippen molar-refractivity contribution in [3.05, 3.63) is 64.1 Å². The lowest BCUT2D eigenvalue weighted by molar-refractivity contribution is 0.119. The number of nitrogens with one attached hydrogen (secondary N) is 2. The highest BCUT2D eigenvalue weighted by molar-refractivity contribution is 5.79. The molecular formula is C21H25N3O3. The molecule has 3 unspecified atom stereocenters. The predicted octanol–water partition coefficient (Wildman–Crippen LogP) is 2.45. The fourth-order valence-electron chi connectivity index (χ4n) is 4.06. The number of rotatable bonds is 5. The summed E-state index contributed by atoms with van der Waals surface area (Å²) in [6.07, 6.45) is 1.75. The first kappa shape index (κ1) is 17.8. The lowest BCUT2D eigenvalue weighted by Crippen LogP contribution is -2.41. The number of aliphatic hydroxyl groups excluding tert-OH is 1. The van der Waals surface area contributed by atoms with Crippen LogP contribution in [0.3, 0.4) is 0 Å². The molecule has 0 saturated carbocycles. The predicted molar refractivity (Wildman–Crippen MR) is 105 cm³/mol. The summed E-state index contributed by atoms with van der Waals surface area (Å²) < 4.78 is 1.73. The Morgan fingerprint density at radius 1 is 1.30 bits per heavy atom. The van der Waals surface area contributed by atoms with Gasteiger partial charge in [-0.05, 0) is 49.9 Å². The normalized spacial score (nSPS) is 20.5. The van der Waals surface area contributed by atoms with Crippen LogP contribution in [-0.2, 0) is 13.0 Å². The summed E-state index contributed by atoms with van der Waals surface area (Å²) in [6.45, 7) is 2.68. The first-order valence-corrected chi connectivity index (χ1v) is 9.46. The molecule has 0 spiro atoms. The van der Waals surface area contributed by atoms with E-state index in [1.165, 1.54) is 0 Å². The van der Waals surface area contributed by atoms with Crippen LogP contribution in [0.4, 0.5) is 0 Å². The molecule has 6 nitrogen and oxygen atoms in total. The van der Waals surface area contributed by atoms with Gasteiger partial charge < -0.3 is 20.5 Å². The van der Waals surface area contributed by atoms with Crippen molar-refractivity contribution in [2.24, 2.45) is 0 Å². The summed E-state index contributed by atoms with van der Waals surface area (Å²) in [5.41, 5.74) is 3.35. The second kappa shape index (κ2) is 7.21. The van der Waals surface area contributed by atoms with E-state index in [0.717, 1.165) is 35.0 Å². The molecule has 2 aromatic carbocycles. The second-order valence-electron chi connectivity index (χ2n) is 7.44. The van der Waals surface area contributed by atoms with Crippen molar-refractivity contribution in [2.75, 3.05) is 0 Å². The Labute approximate surface area is 157 Å². The molecule has 0 aliphatic carbocycles. The second-order valence-corrected chi connectivity index (χ2v) is 7.44. The minimum Gasteiger partial charge on any atom is -0.508 e. The Hall–Kier alpha value is -2.57. The lowest BCUT2D eigenvalue weighted by atomic mass is 9.98. The van der Waals surface area contributed by atoms with Gasteiger partial charge in [0, 0.05) is 24.2 Å². The van der Waals surface area contributed by atoms with Gasteiger partial charge in [-0.25, -0.2) is 4.79 Å². The van der Waals surface area contributed by atoms with Crippen LogP contribution in [0.25, 0.3) is 11.0 Å². The largest absolute Gasteiger partial charge is 0.508 e. The summed E-state index contributed by atoms with van der Waals surface area (Å²) in [7, 11) is 0. The number of aryl methyl sites for hydroxylation is 2. The molecule has 6 heteroatoms. The fraction of sp³-hybridized carbons (Fsp3) is 0.381. The number of phenols is 1. The van der Waals surface area contributed by atoms with E-state index in [1.807, 2.05) is 30.3 Å². The van der Waals surface area contributed by atoms with Gasteiger partial charge >= 0.3 is 5.69 Å². The molecule has 0 radical (unpaired) electrons. The van der Waals surface area contributed by atoms with Crippen molar-refractivity contribution in [1.29, 1.82) is 0 Å². The molecule has 1 aliphatic heterocycles. The van der Waals surface area contributed by atoms with Crippen molar-refractivity contribution >= 4 is 11.0 Å². The molecule has 0 fully saturated rings. The Bertz CT molecular complexity index is 1010.